The van der Waals surface area contributed by atoms with Crippen molar-refractivity contribution in [3.05, 3.63) is 28.3 Å². The van der Waals surface area contributed by atoms with Crippen molar-refractivity contribution >= 4 is 21.6 Å². The van der Waals surface area contributed by atoms with Crippen LogP contribution in [-0.2, 0) is 10.0 Å². The van der Waals surface area contributed by atoms with Crippen LogP contribution in [0, 0.1) is 25.7 Å². The van der Waals surface area contributed by atoms with Crippen LogP contribution in [-0.4, -0.2) is 25.8 Å². The third-order valence-electron chi connectivity index (χ3n) is 3.91. The molecule has 1 saturated heterocycles. The largest absolute Gasteiger partial charge is 0.243 e. The first kappa shape index (κ1) is 15.8. The Kier molecular flexibility index (Phi) is 4.47. The predicted molar refractivity (Wildman–Crippen MR) is 82.6 cm³/mol. The normalized spacial score (nSPS) is 24.9. The molecule has 1 aromatic rings. The molecule has 0 bridgehead atoms. The van der Waals surface area contributed by atoms with Crippen molar-refractivity contribution in [3.8, 4) is 0 Å². The van der Waals surface area contributed by atoms with Gasteiger partial charge in [-0.3, -0.25) is 0 Å². The van der Waals surface area contributed by atoms with Gasteiger partial charge in [-0.05, 0) is 55.4 Å². The number of rotatable bonds is 2. The van der Waals surface area contributed by atoms with Gasteiger partial charge in [-0.15, -0.1) is 0 Å². The van der Waals surface area contributed by atoms with Crippen LogP contribution in [0.1, 0.15) is 31.4 Å². The SMILES string of the molecule is Cc1cc(S(=O)(=O)N2C[C@H](C)C[C@@H](C)C2)c(C)cc1Cl. The standard InChI is InChI=1S/C15H22ClNO2S/c1-10-5-11(2)9-17(8-10)20(18,19)15-7-12(3)14(16)6-13(15)4/h6-7,10-11H,5,8-9H2,1-4H3/t10-,11-/m1/s1. The van der Waals surface area contributed by atoms with Gasteiger partial charge in [0, 0.05) is 18.1 Å². The molecule has 5 heteroatoms. The number of nitrogens with zero attached hydrogens (tertiary/aromatic N) is 1. The van der Waals surface area contributed by atoms with Gasteiger partial charge < -0.3 is 0 Å². The topological polar surface area (TPSA) is 37.4 Å². The first-order valence-electron chi connectivity index (χ1n) is 6.98. The molecule has 1 fully saturated rings. The number of piperidine rings is 1. The molecule has 0 unspecified atom stereocenters. The minimum absolute atomic E-state index is 0.390. The summed E-state index contributed by atoms with van der Waals surface area (Å²) in [6.45, 7) is 9.06. The fourth-order valence-electron chi connectivity index (χ4n) is 2.97. The van der Waals surface area contributed by atoms with Crippen LogP contribution < -0.4 is 0 Å². The van der Waals surface area contributed by atoms with Gasteiger partial charge in [0.25, 0.3) is 0 Å². The van der Waals surface area contributed by atoms with E-state index in [1.165, 1.54) is 0 Å². The van der Waals surface area contributed by atoms with Crippen LogP contribution in [0.4, 0.5) is 0 Å². The van der Waals surface area contributed by atoms with E-state index < -0.39 is 10.0 Å². The zero-order valence-corrected chi connectivity index (χ0v) is 14.1. The van der Waals surface area contributed by atoms with Gasteiger partial charge in [0.15, 0.2) is 0 Å². The van der Waals surface area contributed by atoms with E-state index >= 15 is 0 Å². The smallest absolute Gasteiger partial charge is 0.207 e. The summed E-state index contributed by atoms with van der Waals surface area (Å²) in [6.07, 6.45) is 1.09. The number of hydrogen-bond acceptors (Lipinski definition) is 2. The Morgan fingerprint density at radius 1 is 1.10 bits per heavy atom. The van der Waals surface area contributed by atoms with Crippen molar-refractivity contribution in [1.29, 1.82) is 0 Å². The van der Waals surface area contributed by atoms with Gasteiger partial charge in [0.1, 0.15) is 0 Å². The Morgan fingerprint density at radius 2 is 1.65 bits per heavy atom. The third-order valence-corrected chi connectivity index (χ3v) is 6.29. The van der Waals surface area contributed by atoms with E-state index in [0.29, 0.717) is 40.4 Å². The van der Waals surface area contributed by atoms with Crippen LogP contribution >= 0.6 is 11.6 Å². The molecule has 2 rings (SSSR count). The average Bonchev–Trinajstić information content (AvgIpc) is 2.32. The van der Waals surface area contributed by atoms with Gasteiger partial charge >= 0.3 is 0 Å². The predicted octanol–water partition coefficient (Wildman–Crippen LogP) is 3.62. The molecule has 20 heavy (non-hydrogen) atoms. The molecule has 0 saturated carbocycles. The molecule has 3 nitrogen and oxygen atoms in total. The molecule has 0 aliphatic carbocycles. The van der Waals surface area contributed by atoms with E-state index in [-0.39, 0.29) is 0 Å². The van der Waals surface area contributed by atoms with Crippen LogP contribution in [0.5, 0.6) is 0 Å². The maximum Gasteiger partial charge on any atom is 0.243 e. The molecule has 2 atom stereocenters. The summed E-state index contributed by atoms with van der Waals surface area (Å²) in [5, 5.41) is 0.613. The van der Waals surface area contributed by atoms with Crippen molar-refractivity contribution < 1.29 is 8.42 Å². The molecule has 112 valence electrons. The van der Waals surface area contributed by atoms with Crippen LogP contribution in [0.15, 0.2) is 17.0 Å². The molecule has 1 heterocycles. The van der Waals surface area contributed by atoms with Crippen LogP contribution in [0.2, 0.25) is 5.02 Å². The Balaban J connectivity index is 2.42. The second-order valence-corrected chi connectivity index (χ2v) is 8.45. The summed E-state index contributed by atoms with van der Waals surface area (Å²) in [5.41, 5.74) is 1.51. The average molecular weight is 316 g/mol. The monoisotopic (exact) mass is 315 g/mol. The van der Waals surface area contributed by atoms with E-state index in [2.05, 4.69) is 13.8 Å². The maximum absolute atomic E-state index is 12.8. The highest BCUT2D eigenvalue weighted by Crippen LogP contribution is 2.30. The maximum atomic E-state index is 12.8. The van der Waals surface area contributed by atoms with Crippen molar-refractivity contribution in [2.75, 3.05) is 13.1 Å². The third kappa shape index (κ3) is 3.02. The fraction of sp³-hybridized carbons (Fsp3) is 0.600. The van der Waals surface area contributed by atoms with E-state index in [1.807, 2.05) is 6.92 Å². The van der Waals surface area contributed by atoms with Crippen molar-refractivity contribution in [3.63, 3.8) is 0 Å². The van der Waals surface area contributed by atoms with Crippen molar-refractivity contribution in [2.45, 2.75) is 39.0 Å². The quantitative estimate of drug-likeness (QED) is 0.836. The molecule has 0 radical (unpaired) electrons. The summed E-state index contributed by atoms with van der Waals surface area (Å²) >= 11 is 6.06. The fourth-order valence-corrected chi connectivity index (χ4v) is 5.16. The molecule has 1 aromatic carbocycles. The lowest BCUT2D eigenvalue weighted by Crippen LogP contribution is -2.42. The molecular weight excluding hydrogens is 294 g/mol. The Hall–Kier alpha value is -0.580. The first-order valence-corrected chi connectivity index (χ1v) is 8.80. The second kappa shape index (κ2) is 5.66. The zero-order valence-electron chi connectivity index (χ0n) is 12.5. The van der Waals surface area contributed by atoms with Gasteiger partial charge in [0.2, 0.25) is 10.0 Å². The van der Waals surface area contributed by atoms with Crippen LogP contribution in [0.3, 0.4) is 0 Å². The molecule has 0 spiro atoms. The molecule has 0 aromatic heterocycles. The molecule has 1 aliphatic rings. The minimum atomic E-state index is -3.42. The highest BCUT2D eigenvalue weighted by Gasteiger charge is 2.32. The summed E-state index contributed by atoms with van der Waals surface area (Å²) in [4.78, 5) is 0.390. The summed E-state index contributed by atoms with van der Waals surface area (Å²) in [7, 11) is -3.42. The van der Waals surface area contributed by atoms with E-state index in [9.17, 15) is 8.42 Å². The second-order valence-electron chi connectivity index (χ2n) is 6.13. The lowest BCUT2D eigenvalue weighted by Gasteiger charge is -2.34. The number of aryl methyl sites for hydroxylation is 2. The Bertz CT molecular complexity index is 603. The van der Waals surface area contributed by atoms with Crippen molar-refractivity contribution in [2.24, 2.45) is 11.8 Å². The van der Waals surface area contributed by atoms with Gasteiger partial charge in [-0.2, -0.15) is 4.31 Å². The highest BCUT2D eigenvalue weighted by molar-refractivity contribution is 7.89. The Labute approximate surface area is 127 Å². The summed E-state index contributed by atoms with van der Waals surface area (Å²) in [6, 6.07) is 3.43. The molecule has 0 amide bonds. The van der Waals surface area contributed by atoms with Crippen molar-refractivity contribution in [1.82, 2.24) is 4.31 Å². The number of halogens is 1. The summed E-state index contributed by atoms with van der Waals surface area (Å²) < 4.78 is 27.3. The lowest BCUT2D eigenvalue weighted by molar-refractivity contribution is 0.222. The first-order chi connectivity index (χ1) is 9.21. The highest BCUT2D eigenvalue weighted by atomic mass is 35.5. The number of benzene rings is 1. The van der Waals surface area contributed by atoms with E-state index in [0.717, 1.165) is 12.0 Å². The Morgan fingerprint density at radius 3 is 2.20 bits per heavy atom. The van der Waals surface area contributed by atoms with E-state index in [1.54, 1.807) is 23.4 Å². The molecular formula is C15H22ClNO2S. The van der Waals surface area contributed by atoms with Gasteiger partial charge in [0.05, 0.1) is 4.90 Å². The molecule has 0 N–H and O–H groups in total. The zero-order chi connectivity index (χ0) is 15.1. The van der Waals surface area contributed by atoms with Crippen LogP contribution in [0.25, 0.3) is 0 Å². The summed E-state index contributed by atoms with van der Waals surface area (Å²) in [5.74, 6) is 0.810. The van der Waals surface area contributed by atoms with Gasteiger partial charge in [-0.25, -0.2) is 8.42 Å². The van der Waals surface area contributed by atoms with Gasteiger partial charge in [-0.1, -0.05) is 25.4 Å². The minimum Gasteiger partial charge on any atom is -0.207 e. The van der Waals surface area contributed by atoms with E-state index in [4.69, 9.17) is 11.6 Å². The lowest BCUT2D eigenvalue weighted by atomic mass is 9.94. The molecule has 1 aliphatic heterocycles. The number of sulfonamides is 1. The number of hydrogen-bond donors (Lipinski definition) is 0.